The molecule has 0 atom stereocenters. The molecule has 0 aliphatic rings. The molecule has 8 heteroatoms. The Kier molecular flexibility index (Phi) is 6.30. The number of hydrazone groups is 1. The van der Waals surface area contributed by atoms with Gasteiger partial charge < -0.3 is 0 Å². The molecule has 0 aliphatic heterocycles. The Morgan fingerprint density at radius 1 is 1.21 bits per heavy atom. The first-order valence-electron chi connectivity index (χ1n) is 7.31. The Bertz CT molecular complexity index is 790. The van der Waals surface area contributed by atoms with E-state index in [1.807, 2.05) is 48.3 Å². The van der Waals surface area contributed by atoms with Crippen molar-refractivity contribution in [1.29, 1.82) is 0 Å². The molecule has 0 saturated heterocycles. The third kappa shape index (κ3) is 6.27. The van der Waals surface area contributed by atoms with Crippen molar-refractivity contribution >= 4 is 33.6 Å². The van der Waals surface area contributed by atoms with E-state index in [0.29, 0.717) is 18.0 Å². The van der Waals surface area contributed by atoms with Gasteiger partial charge in [-0.2, -0.15) is 13.5 Å². The molecular weight excluding hydrogens is 350 g/mol. The highest BCUT2D eigenvalue weighted by Gasteiger charge is 2.07. The first-order valence-corrected chi connectivity index (χ1v) is 9.30. The Balaban J connectivity index is 1.92. The summed E-state index contributed by atoms with van der Waals surface area (Å²) in [7, 11) is -2.05. The number of hydrogen-bond donors (Lipinski definition) is 1. The van der Waals surface area contributed by atoms with E-state index in [0.717, 1.165) is 11.3 Å². The fourth-order valence-corrected chi connectivity index (χ4v) is 2.63. The first kappa shape index (κ1) is 18.4. The van der Waals surface area contributed by atoms with Gasteiger partial charge >= 0.3 is 0 Å². The van der Waals surface area contributed by atoms with Crippen LogP contribution in [-0.2, 0) is 16.7 Å². The number of aromatic nitrogens is 1. The van der Waals surface area contributed by atoms with E-state index >= 15 is 0 Å². The van der Waals surface area contributed by atoms with Crippen molar-refractivity contribution in [2.75, 3.05) is 17.8 Å². The number of hydrogen-bond acceptors (Lipinski definition) is 4. The summed E-state index contributed by atoms with van der Waals surface area (Å²) in [5.41, 5.74) is 1.84. The lowest BCUT2D eigenvalue weighted by Crippen LogP contribution is -2.33. The highest BCUT2D eigenvalue weighted by Crippen LogP contribution is 2.16. The van der Waals surface area contributed by atoms with Crippen LogP contribution in [0.3, 0.4) is 0 Å². The number of rotatable bonds is 7. The molecule has 0 fully saturated rings. The number of aryl methyl sites for hydroxylation is 1. The van der Waals surface area contributed by atoms with Gasteiger partial charge in [0.05, 0.1) is 17.7 Å². The van der Waals surface area contributed by atoms with Gasteiger partial charge in [0.2, 0.25) is 0 Å². The molecule has 0 bridgehead atoms. The summed E-state index contributed by atoms with van der Waals surface area (Å²) in [6.07, 6.45) is 5.77. The third-order valence-electron chi connectivity index (χ3n) is 3.32. The van der Waals surface area contributed by atoms with Crippen molar-refractivity contribution in [2.24, 2.45) is 5.10 Å². The zero-order valence-electron chi connectivity index (χ0n) is 13.2. The van der Waals surface area contributed by atoms with Crippen molar-refractivity contribution in [3.05, 3.63) is 59.4 Å². The molecule has 128 valence electrons. The number of nitrogens with zero attached hydrogens (tertiary/aromatic N) is 3. The van der Waals surface area contributed by atoms with Crippen molar-refractivity contribution in [3.63, 3.8) is 0 Å². The summed E-state index contributed by atoms with van der Waals surface area (Å²) in [5, 5.41) is 6.78. The summed E-state index contributed by atoms with van der Waals surface area (Å²) in [4.78, 5) is 0. The highest BCUT2D eigenvalue weighted by atomic mass is 35.5. The van der Waals surface area contributed by atoms with Crippen molar-refractivity contribution < 1.29 is 17.5 Å². The highest BCUT2D eigenvalue weighted by molar-refractivity contribution is 7.85. The number of halogens is 1. The molecular formula is C16H19ClN3O3S+. The zero-order valence-corrected chi connectivity index (χ0v) is 14.8. The van der Waals surface area contributed by atoms with Crippen molar-refractivity contribution in [1.82, 2.24) is 0 Å². The monoisotopic (exact) mass is 368 g/mol. The van der Waals surface area contributed by atoms with Crippen LogP contribution in [0.25, 0.3) is 0 Å². The fraction of sp³-hybridized carbons (Fsp3) is 0.250. The summed E-state index contributed by atoms with van der Waals surface area (Å²) < 4.78 is 31.9. The smallest absolute Gasteiger partial charge is 0.265 e. The van der Waals surface area contributed by atoms with Crippen LogP contribution >= 0.6 is 11.6 Å². The van der Waals surface area contributed by atoms with Gasteiger partial charge in [-0.05, 0) is 24.3 Å². The Hall–Kier alpha value is -1.96. The average Bonchev–Trinajstić information content (AvgIpc) is 2.53. The van der Waals surface area contributed by atoms with E-state index in [9.17, 15) is 8.42 Å². The lowest BCUT2D eigenvalue weighted by atomic mass is 10.3. The largest absolute Gasteiger partial charge is 0.286 e. The number of pyridine rings is 1. The predicted molar refractivity (Wildman–Crippen MR) is 95.1 cm³/mol. The van der Waals surface area contributed by atoms with Crippen LogP contribution in [0, 0.1) is 0 Å². The summed E-state index contributed by atoms with van der Waals surface area (Å²) in [6.45, 7) is 0.516. The van der Waals surface area contributed by atoms with Gasteiger partial charge in [-0.25, -0.2) is 4.57 Å². The molecule has 0 amide bonds. The maximum atomic E-state index is 10.7. The summed E-state index contributed by atoms with van der Waals surface area (Å²) >= 11 is 5.86. The van der Waals surface area contributed by atoms with Crippen molar-refractivity contribution in [2.45, 2.75) is 13.0 Å². The molecule has 0 unspecified atom stereocenters. The van der Waals surface area contributed by atoms with E-state index in [1.165, 1.54) is 0 Å². The van der Waals surface area contributed by atoms with E-state index in [2.05, 4.69) is 5.10 Å². The molecule has 1 heterocycles. The summed E-state index contributed by atoms with van der Waals surface area (Å²) in [5.74, 6) is -0.241. The van der Waals surface area contributed by atoms with Gasteiger partial charge in [0.1, 0.15) is 6.54 Å². The fourth-order valence-electron chi connectivity index (χ4n) is 2.01. The standard InChI is InChI=1S/C16H18ClN3O3S/c1-19(16-5-3-15(17)4-6-16)18-13-14-7-10-20(11-8-14)9-2-12-24(21,22)23/h3-8,10-11,13H,2,9,12H2,1H3/p+1. The van der Waals surface area contributed by atoms with Gasteiger partial charge in [-0.3, -0.25) is 9.56 Å². The van der Waals surface area contributed by atoms with Crippen LogP contribution in [0.5, 0.6) is 0 Å². The molecule has 1 aromatic heterocycles. The second kappa shape index (κ2) is 8.23. The quantitative estimate of drug-likeness (QED) is 0.352. The SMILES string of the molecule is CN(/N=C/c1cc[n+](CCCS(=O)(=O)O)cc1)c1ccc(Cl)cc1. The van der Waals surface area contributed by atoms with Crippen LogP contribution in [0.1, 0.15) is 12.0 Å². The van der Waals surface area contributed by atoms with Crippen molar-refractivity contribution in [3.8, 4) is 0 Å². The van der Waals surface area contributed by atoms with Gasteiger partial charge in [-0.1, -0.05) is 11.6 Å². The van der Waals surface area contributed by atoms with Crippen LogP contribution in [-0.4, -0.2) is 32.0 Å². The second-order valence-electron chi connectivity index (χ2n) is 5.25. The van der Waals surface area contributed by atoms with Crippen LogP contribution < -0.4 is 9.58 Å². The maximum Gasteiger partial charge on any atom is 0.265 e. The first-order chi connectivity index (χ1) is 11.3. The Morgan fingerprint density at radius 2 is 1.83 bits per heavy atom. The summed E-state index contributed by atoms with van der Waals surface area (Å²) in [6, 6.07) is 11.1. The normalized spacial score (nSPS) is 11.8. The topological polar surface area (TPSA) is 73.8 Å². The third-order valence-corrected chi connectivity index (χ3v) is 4.37. The minimum absolute atomic E-state index is 0.241. The number of benzene rings is 1. The van der Waals surface area contributed by atoms with Gasteiger partial charge in [-0.15, -0.1) is 0 Å². The van der Waals surface area contributed by atoms with Crippen LogP contribution in [0.2, 0.25) is 5.02 Å². The molecule has 2 aromatic rings. The molecule has 1 N–H and O–H groups in total. The Labute approximate surface area is 146 Å². The van der Waals surface area contributed by atoms with E-state index in [-0.39, 0.29) is 5.75 Å². The molecule has 2 rings (SSSR count). The average molecular weight is 369 g/mol. The van der Waals surface area contributed by atoms with Crippen LogP contribution in [0.15, 0.2) is 53.9 Å². The van der Waals surface area contributed by atoms with E-state index in [1.54, 1.807) is 23.4 Å². The minimum Gasteiger partial charge on any atom is -0.286 e. The van der Waals surface area contributed by atoms with E-state index in [4.69, 9.17) is 16.2 Å². The molecule has 0 aliphatic carbocycles. The molecule has 0 radical (unpaired) electrons. The molecule has 6 nitrogen and oxygen atoms in total. The maximum absolute atomic E-state index is 10.7. The second-order valence-corrected chi connectivity index (χ2v) is 7.26. The van der Waals surface area contributed by atoms with Gasteiger partial charge in [0, 0.05) is 36.2 Å². The van der Waals surface area contributed by atoms with E-state index < -0.39 is 10.1 Å². The molecule has 24 heavy (non-hydrogen) atoms. The lowest BCUT2D eigenvalue weighted by Gasteiger charge is -2.12. The predicted octanol–water partition coefficient (Wildman–Crippen LogP) is 2.38. The molecule has 0 saturated carbocycles. The molecule has 1 aromatic carbocycles. The van der Waals surface area contributed by atoms with Gasteiger partial charge in [0.15, 0.2) is 12.4 Å². The lowest BCUT2D eigenvalue weighted by molar-refractivity contribution is -0.696. The Morgan fingerprint density at radius 3 is 2.42 bits per heavy atom. The molecule has 0 spiro atoms. The van der Waals surface area contributed by atoms with Crippen LogP contribution in [0.4, 0.5) is 5.69 Å². The number of anilines is 1. The minimum atomic E-state index is -3.90. The zero-order chi connectivity index (χ0) is 17.6. The van der Waals surface area contributed by atoms with Gasteiger partial charge in [0.25, 0.3) is 10.1 Å².